The van der Waals surface area contributed by atoms with Gasteiger partial charge < -0.3 is 10.3 Å². The Morgan fingerprint density at radius 2 is 2.11 bits per heavy atom. The highest BCUT2D eigenvalue weighted by Crippen LogP contribution is 2.28. The molecule has 28 heavy (non-hydrogen) atoms. The average Bonchev–Trinajstić information content (AvgIpc) is 3.12. The number of amides is 1. The monoisotopic (exact) mass is 394 g/mol. The van der Waals surface area contributed by atoms with Crippen LogP contribution in [0.15, 0.2) is 23.0 Å². The molecule has 0 saturated carbocycles. The lowest BCUT2D eigenvalue weighted by Gasteiger charge is -2.16. The number of benzene rings is 1. The average molecular weight is 394 g/mol. The summed E-state index contributed by atoms with van der Waals surface area (Å²) in [6.07, 6.45) is -2.85. The Balaban J connectivity index is 1.48. The van der Waals surface area contributed by atoms with Crippen LogP contribution in [0.3, 0.4) is 0 Å². The summed E-state index contributed by atoms with van der Waals surface area (Å²) in [7, 11) is 1.60. The van der Waals surface area contributed by atoms with Gasteiger partial charge in [0.2, 0.25) is 5.82 Å². The van der Waals surface area contributed by atoms with Gasteiger partial charge in [-0.1, -0.05) is 0 Å². The number of nitrogens with zero attached hydrogens (tertiary/aromatic N) is 4. The minimum atomic E-state index is -4.58. The van der Waals surface area contributed by atoms with Gasteiger partial charge in [0.1, 0.15) is 5.82 Å². The highest BCUT2D eigenvalue weighted by atomic mass is 19.4. The van der Waals surface area contributed by atoms with E-state index in [9.17, 15) is 22.8 Å². The molecule has 0 aliphatic carbocycles. The molecular formula is C17H17F3N6O2. The van der Waals surface area contributed by atoms with E-state index in [1.165, 1.54) is 22.9 Å². The smallest absolute Gasteiger partial charge is 0.349 e. The number of alkyl halides is 3. The highest BCUT2D eigenvalue weighted by Gasteiger charge is 2.34. The second-order valence-corrected chi connectivity index (χ2v) is 6.79. The third-order valence-corrected chi connectivity index (χ3v) is 4.85. The number of carbonyl (C=O) groups is 1. The van der Waals surface area contributed by atoms with Crippen LogP contribution in [-0.4, -0.2) is 36.3 Å². The Labute approximate surface area is 156 Å². The molecule has 8 nitrogen and oxygen atoms in total. The number of aromatic amines is 1. The zero-order valence-corrected chi connectivity index (χ0v) is 14.9. The Morgan fingerprint density at radius 1 is 1.32 bits per heavy atom. The number of aryl methyl sites for hydroxylation is 2. The number of hydrogen-bond donors (Lipinski definition) is 2. The van der Waals surface area contributed by atoms with Gasteiger partial charge in [-0.3, -0.25) is 9.36 Å². The molecule has 0 radical (unpaired) electrons. The number of H-pyrrole nitrogens is 1. The van der Waals surface area contributed by atoms with Crippen molar-refractivity contribution in [1.29, 1.82) is 0 Å². The predicted octanol–water partition coefficient (Wildman–Crippen LogP) is 1.61. The summed E-state index contributed by atoms with van der Waals surface area (Å²) in [6, 6.07) is 4.00. The number of nitrogens with one attached hydrogen (secondary N) is 2. The summed E-state index contributed by atoms with van der Waals surface area (Å²) >= 11 is 0. The maximum atomic E-state index is 12.8. The Morgan fingerprint density at radius 3 is 2.86 bits per heavy atom. The van der Waals surface area contributed by atoms with Crippen LogP contribution in [0, 0.1) is 0 Å². The van der Waals surface area contributed by atoms with Crippen LogP contribution in [0.4, 0.5) is 13.2 Å². The van der Waals surface area contributed by atoms with Crippen LogP contribution < -0.4 is 11.0 Å². The number of carbonyl (C=O) groups excluding carboxylic acids is 1. The Kier molecular flexibility index (Phi) is 4.24. The van der Waals surface area contributed by atoms with Crippen LogP contribution in [0.1, 0.15) is 34.8 Å². The molecule has 1 amide bonds. The van der Waals surface area contributed by atoms with Crippen molar-refractivity contribution < 1.29 is 18.0 Å². The van der Waals surface area contributed by atoms with E-state index in [0.29, 0.717) is 31.6 Å². The topological polar surface area (TPSA) is 97.6 Å². The van der Waals surface area contributed by atoms with E-state index in [2.05, 4.69) is 20.4 Å². The number of halogens is 3. The van der Waals surface area contributed by atoms with E-state index in [1.54, 1.807) is 11.6 Å². The third-order valence-electron chi connectivity index (χ3n) is 4.85. The molecule has 4 rings (SSSR count). The predicted molar refractivity (Wildman–Crippen MR) is 92.8 cm³/mol. The molecule has 148 valence electrons. The zero-order valence-electron chi connectivity index (χ0n) is 14.9. The normalized spacial score (nSPS) is 17.4. The molecule has 11 heteroatoms. The second kappa shape index (κ2) is 6.50. The van der Waals surface area contributed by atoms with Crippen LogP contribution in [0.2, 0.25) is 0 Å². The van der Waals surface area contributed by atoms with Crippen LogP contribution in [-0.2, 0) is 26.2 Å². The summed E-state index contributed by atoms with van der Waals surface area (Å²) in [6.45, 7) is 0.446. The van der Waals surface area contributed by atoms with E-state index < -0.39 is 12.0 Å². The van der Waals surface area contributed by atoms with Gasteiger partial charge in [-0.2, -0.15) is 18.3 Å². The molecular weight excluding hydrogens is 377 g/mol. The van der Waals surface area contributed by atoms with Gasteiger partial charge in [-0.05, 0) is 31.0 Å². The maximum Gasteiger partial charge on any atom is 0.449 e. The van der Waals surface area contributed by atoms with Gasteiger partial charge in [-0.15, -0.1) is 0 Å². The lowest BCUT2D eigenvalue weighted by Crippen LogP contribution is -2.35. The summed E-state index contributed by atoms with van der Waals surface area (Å²) < 4.78 is 41.2. The van der Waals surface area contributed by atoms with Gasteiger partial charge >= 0.3 is 11.9 Å². The molecule has 1 unspecified atom stereocenters. The minimum Gasteiger partial charge on any atom is -0.349 e. The molecule has 3 aromatic rings. The summed E-state index contributed by atoms with van der Waals surface area (Å²) in [5, 5.41) is 7.08. The van der Waals surface area contributed by atoms with E-state index in [-0.39, 0.29) is 34.2 Å². The van der Waals surface area contributed by atoms with Gasteiger partial charge in [0.25, 0.3) is 5.91 Å². The maximum absolute atomic E-state index is 12.8. The molecule has 2 aromatic heterocycles. The lowest BCUT2D eigenvalue weighted by atomic mass is 10.1. The zero-order chi connectivity index (χ0) is 20.1. The molecule has 1 aromatic carbocycles. The molecule has 1 aliphatic rings. The van der Waals surface area contributed by atoms with Crippen LogP contribution in [0.25, 0.3) is 11.0 Å². The first-order valence-electron chi connectivity index (χ1n) is 8.73. The molecule has 0 saturated heterocycles. The van der Waals surface area contributed by atoms with Crippen molar-refractivity contribution in [2.45, 2.75) is 38.0 Å². The van der Waals surface area contributed by atoms with Gasteiger partial charge in [0, 0.05) is 31.6 Å². The van der Waals surface area contributed by atoms with Gasteiger partial charge in [-0.25, -0.2) is 14.5 Å². The van der Waals surface area contributed by atoms with Crippen LogP contribution >= 0.6 is 0 Å². The number of rotatable bonds is 2. The molecule has 0 bridgehead atoms. The first-order valence-corrected chi connectivity index (χ1v) is 8.73. The summed E-state index contributed by atoms with van der Waals surface area (Å²) in [5.41, 5.74) is 0.332. The molecule has 1 atom stereocenters. The van der Waals surface area contributed by atoms with Gasteiger partial charge in [0.05, 0.1) is 11.0 Å². The van der Waals surface area contributed by atoms with E-state index in [4.69, 9.17) is 0 Å². The standard InChI is InChI=1S/C17H17F3N6O2/c1-25-16(28)26-7-6-10(3-5-13(26)24-25)21-14(27)9-2-4-11-12(8-9)23-15(22-11)17(18,19)20/h2,4,8,10H,3,5-7H2,1H3,(H,21,27)(H,22,23). The van der Waals surface area contributed by atoms with Crippen molar-refractivity contribution in [3.63, 3.8) is 0 Å². The van der Waals surface area contributed by atoms with Crippen molar-refractivity contribution >= 4 is 16.9 Å². The number of fused-ring (bicyclic) bond motifs is 2. The molecule has 1 aliphatic heterocycles. The first-order chi connectivity index (χ1) is 13.2. The van der Waals surface area contributed by atoms with Crippen molar-refractivity contribution in [1.82, 2.24) is 29.6 Å². The fraction of sp³-hybridized carbons (Fsp3) is 0.412. The highest BCUT2D eigenvalue weighted by molar-refractivity contribution is 5.97. The lowest BCUT2D eigenvalue weighted by molar-refractivity contribution is -0.144. The molecule has 3 heterocycles. The third kappa shape index (κ3) is 3.27. The summed E-state index contributed by atoms with van der Waals surface area (Å²) in [4.78, 5) is 30.2. The molecule has 0 spiro atoms. The number of imidazole rings is 1. The second-order valence-electron chi connectivity index (χ2n) is 6.79. The number of aromatic nitrogens is 5. The van der Waals surface area contributed by atoms with E-state index in [0.717, 1.165) is 0 Å². The number of hydrogen-bond acceptors (Lipinski definition) is 4. The molecule has 2 N–H and O–H groups in total. The van der Waals surface area contributed by atoms with E-state index in [1.807, 2.05) is 0 Å². The first kappa shape index (κ1) is 18.3. The van der Waals surface area contributed by atoms with Crippen molar-refractivity contribution in [3.05, 3.63) is 45.9 Å². The SMILES string of the molecule is Cn1nc2n(c1=O)CCC(NC(=O)c1ccc3nc(C(F)(F)F)[nH]c3c1)CC2. The summed E-state index contributed by atoms with van der Waals surface area (Å²) in [5.74, 6) is -0.801. The quantitative estimate of drug-likeness (QED) is 0.690. The fourth-order valence-electron chi connectivity index (χ4n) is 3.40. The Hall–Kier alpha value is -3.11. The molecule has 0 fully saturated rings. The van der Waals surface area contributed by atoms with Crippen LogP contribution in [0.5, 0.6) is 0 Å². The fourth-order valence-corrected chi connectivity index (χ4v) is 3.40. The van der Waals surface area contributed by atoms with Crippen molar-refractivity contribution in [2.24, 2.45) is 7.05 Å². The van der Waals surface area contributed by atoms with Crippen molar-refractivity contribution in [3.8, 4) is 0 Å². The van der Waals surface area contributed by atoms with Gasteiger partial charge in [0.15, 0.2) is 0 Å². The largest absolute Gasteiger partial charge is 0.449 e. The van der Waals surface area contributed by atoms with Crippen molar-refractivity contribution in [2.75, 3.05) is 0 Å². The van der Waals surface area contributed by atoms with E-state index >= 15 is 0 Å². The minimum absolute atomic E-state index is 0.139. The Bertz CT molecular complexity index is 1110.